The molecule has 2 heteroatoms. The second-order valence-corrected chi connectivity index (χ2v) is 3.91. The van der Waals surface area contributed by atoms with Crippen LogP contribution in [-0.2, 0) is 6.54 Å². The third-order valence-electron chi connectivity index (χ3n) is 2.26. The zero-order valence-electron chi connectivity index (χ0n) is 10.3. The fourth-order valence-electron chi connectivity index (χ4n) is 1.36. The molecule has 0 saturated carbocycles. The van der Waals surface area contributed by atoms with E-state index in [0.717, 1.165) is 22.5 Å². The van der Waals surface area contributed by atoms with Gasteiger partial charge in [-0.15, -0.1) is 0 Å². The fraction of sp³-hybridized carbons (Fsp3) is 0.200. The molecular weight excluding hydrogens is 210 g/mol. The summed E-state index contributed by atoms with van der Waals surface area (Å²) in [7, 11) is 0. The van der Waals surface area contributed by atoms with Crippen molar-refractivity contribution in [1.82, 2.24) is 0 Å². The van der Waals surface area contributed by atoms with Gasteiger partial charge < -0.3 is 10.5 Å². The van der Waals surface area contributed by atoms with Gasteiger partial charge in [0.2, 0.25) is 0 Å². The van der Waals surface area contributed by atoms with E-state index in [2.05, 4.69) is 13.2 Å². The molecule has 0 radical (unpaired) electrons. The molecule has 2 N–H and O–H groups in total. The van der Waals surface area contributed by atoms with Crippen molar-refractivity contribution in [2.45, 2.75) is 13.5 Å². The summed E-state index contributed by atoms with van der Waals surface area (Å²) in [6.07, 6.45) is 3.74. The first-order valence-corrected chi connectivity index (χ1v) is 5.56. The molecule has 1 aromatic carbocycles. The van der Waals surface area contributed by atoms with Crippen LogP contribution < -0.4 is 10.5 Å². The molecule has 0 bridgehead atoms. The molecule has 1 aromatic rings. The van der Waals surface area contributed by atoms with Gasteiger partial charge in [0.1, 0.15) is 12.4 Å². The van der Waals surface area contributed by atoms with Gasteiger partial charge in [-0.2, -0.15) is 0 Å². The highest BCUT2D eigenvalue weighted by atomic mass is 16.5. The Morgan fingerprint density at radius 3 is 2.47 bits per heavy atom. The van der Waals surface area contributed by atoms with Crippen LogP contribution in [0, 0.1) is 0 Å². The molecule has 0 saturated heterocycles. The lowest BCUT2D eigenvalue weighted by Gasteiger charge is -2.07. The lowest BCUT2D eigenvalue weighted by Crippen LogP contribution is -2.00. The Hall–Kier alpha value is -1.80. The Morgan fingerprint density at radius 2 is 2.00 bits per heavy atom. The Labute approximate surface area is 103 Å². The van der Waals surface area contributed by atoms with Crippen molar-refractivity contribution in [3.05, 3.63) is 66.3 Å². The van der Waals surface area contributed by atoms with E-state index in [-0.39, 0.29) is 0 Å². The smallest absolute Gasteiger partial charge is 0.119 e. The van der Waals surface area contributed by atoms with E-state index >= 15 is 0 Å². The lowest BCUT2D eigenvalue weighted by molar-refractivity contribution is 0.355. The second-order valence-electron chi connectivity index (χ2n) is 3.91. The standard InChI is InChI=1S/C15H19NO/c1-4-13(9-12(2)3)11-17-15-7-5-14(10-16)6-8-15/h4-9H,1-2,10-11,16H2,3H3/b13-9+. The van der Waals surface area contributed by atoms with Gasteiger partial charge in [0.05, 0.1) is 0 Å². The average molecular weight is 229 g/mol. The molecule has 90 valence electrons. The summed E-state index contributed by atoms with van der Waals surface area (Å²) < 4.78 is 5.64. The van der Waals surface area contributed by atoms with Crippen molar-refractivity contribution in [2.75, 3.05) is 6.61 Å². The summed E-state index contributed by atoms with van der Waals surface area (Å²) in [4.78, 5) is 0. The van der Waals surface area contributed by atoms with E-state index in [9.17, 15) is 0 Å². The van der Waals surface area contributed by atoms with E-state index in [1.54, 1.807) is 6.08 Å². The Bertz CT molecular complexity index is 415. The Kier molecular flexibility index (Phi) is 5.24. The van der Waals surface area contributed by atoms with E-state index in [4.69, 9.17) is 10.5 Å². The van der Waals surface area contributed by atoms with Crippen LogP contribution in [0.3, 0.4) is 0 Å². The van der Waals surface area contributed by atoms with Crippen LogP contribution in [0.2, 0.25) is 0 Å². The van der Waals surface area contributed by atoms with Gasteiger partial charge in [0, 0.05) is 6.54 Å². The largest absolute Gasteiger partial charge is 0.489 e. The molecule has 0 aliphatic carbocycles. The zero-order valence-corrected chi connectivity index (χ0v) is 10.3. The minimum atomic E-state index is 0.498. The third kappa shape index (κ3) is 4.70. The van der Waals surface area contributed by atoms with Gasteiger partial charge in [0.15, 0.2) is 0 Å². The van der Waals surface area contributed by atoms with Crippen molar-refractivity contribution < 1.29 is 4.74 Å². The molecule has 0 aromatic heterocycles. The van der Waals surface area contributed by atoms with Gasteiger partial charge in [0.25, 0.3) is 0 Å². The average Bonchev–Trinajstić information content (AvgIpc) is 2.34. The fourth-order valence-corrected chi connectivity index (χ4v) is 1.36. The van der Waals surface area contributed by atoms with E-state index in [0.29, 0.717) is 13.2 Å². The maximum atomic E-state index is 5.64. The number of allylic oxidation sites excluding steroid dienone is 2. The molecule has 0 fully saturated rings. The van der Waals surface area contributed by atoms with Gasteiger partial charge in [-0.3, -0.25) is 0 Å². The number of benzene rings is 1. The van der Waals surface area contributed by atoms with Crippen LogP contribution in [0.5, 0.6) is 5.75 Å². The first kappa shape index (κ1) is 13.3. The number of ether oxygens (including phenoxy) is 1. The first-order chi connectivity index (χ1) is 8.15. The molecule has 0 amide bonds. The molecule has 17 heavy (non-hydrogen) atoms. The lowest BCUT2D eigenvalue weighted by atomic mass is 10.2. The number of hydrogen-bond donors (Lipinski definition) is 1. The molecule has 0 aliphatic heterocycles. The highest BCUT2D eigenvalue weighted by Gasteiger charge is 1.96. The van der Waals surface area contributed by atoms with Crippen LogP contribution in [0.15, 0.2) is 60.7 Å². The Balaban J connectivity index is 2.59. The zero-order chi connectivity index (χ0) is 12.7. The highest BCUT2D eigenvalue weighted by molar-refractivity contribution is 5.30. The molecule has 1 rings (SSSR count). The Morgan fingerprint density at radius 1 is 1.35 bits per heavy atom. The summed E-state index contributed by atoms with van der Waals surface area (Å²) in [5.74, 6) is 0.830. The minimum Gasteiger partial charge on any atom is -0.489 e. The van der Waals surface area contributed by atoms with Crippen molar-refractivity contribution >= 4 is 0 Å². The van der Waals surface area contributed by atoms with Crippen LogP contribution in [0.4, 0.5) is 0 Å². The summed E-state index contributed by atoms with van der Waals surface area (Å²) in [6, 6.07) is 7.77. The predicted molar refractivity (Wildman–Crippen MR) is 72.9 cm³/mol. The number of hydrogen-bond acceptors (Lipinski definition) is 2. The van der Waals surface area contributed by atoms with Gasteiger partial charge >= 0.3 is 0 Å². The molecule has 0 atom stereocenters. The van der Waals surface area contributed by atoms with E-state index < -0.39 is 0 Å². The third-order valence-corrected chi connectivity index (χ3v) is 2.26. The normalized spacial score (nSPS) is 11.1. The van der Waals surface area contributed by atoms with Crippen molar-refractivity contribution in [1.29, 1.82) is 0 Å². The van der Waals surface area contributed by atoms with Crippen LogP contribution >= 0.6 is 0 Å². The van der Waals surface area contributed by atoms with E-state index in [1.165, 1.54) is 0 Å². The summed E-state index contributed by atoms with van der Waals surface area (Å²) in [5.41, 5.74) is 8.62. The molecule has 0 aliphatic rings. The summed E-state index contributed by atoms with van der Waals surface area (Å²) in [5, 5.41) is 0. The van der Waals surface area contributed by atoms with E-state index in [1.807, 2.05) is 37.3 Å². The maximum absolute atomic E-state index is 5.64. The van der Waals surface area contributed by atoms with Crippen LogP contribution in [-0.4, -0.2) is 6.61 Å². The molecule has 0 heterocycles. The summed E-state index contributed by atoms with van der Waals surface area (Å²) in [6.45, 7) is 10.6. The highest BCUT2D eigenvalue weighted by Crippen LogP contribution is 2.13. The van der Waals surface area contributed by atoms with Gasteiger partial charge in [-0.25, -0.2) is 0 Å². The quantitative estimate of drug-likeness (QED) is 0.760. The molecule has 0 spiro atoms. The molecule has 2 nitrogen and oxygen atoms in total. The minimum absolute atomic E-state index is 0.498. The predicted octanol–water partition coefficient (Wildman–Crippen LogP) is 3.21. The van der Waals surface area contributed by atoms with Crippen molar-refractivity contribution in [2.24, 2.45) is 5.73 Å². The number of nitrogens with two attached hydrogens (primary N) is 1. The molecule has 0 unspecified atom stereocenters. The maximum Gasteiger partial charge on any atom is 0.119 e. The second kappa shape index (κ2) is 6.71. The SMILES string of the molecule is C=C/C(=C\C(=C)C)COc1ccc(CN)cc1. The van der Waals surface area contributed by atoms with Gasteiger partial charge in [-0.05, 0) is 30.2 Å². The summed E-state index contributed by atoms with van der Waals surface area (Å²) >= 11 is 0. The van der Waals surface area contributed by atoms with Crippen molar-refractivity contribution in [3.8, 4) is 5.75 Å². The van der Waals surface area contributed by atoms with Gasteiger partial charge in [-0.1, -0.05) is 43.0 Å². The van der Waals surface area contributed by atoms with Crippen molar-refractivity contribution in [3.63, 3.8) is 0 Å². The first-order valence-electron chi connectivity index (χ1n) is 5.56. The molecular formula is C15H19NO. The van der Waals surface area contributed by atoms with Crippen LogP contribution in [0.25, 0.3) is 0 Å². The van der Waals surface area contributed by atoms with Crippen LogP contribution in [0.1, 0.15) is 12.5 Å². The monoisotopic (exact) mass is 229 g/mol. The topological polar surface area (TPSA) is 35.2 Å². The number of rotatable bonds is 6.